The number of hydrogen-bond acceptors (Lipinski definition) is 5. The Morgan fingerprint density at radius 2 is 2.00 bits per heavy atom. The quantitative estimate of drug-likeness (QED) is 0.597. The topological polar surface area (TPSA) is 102 Å². The second kappa shape index (κ2) is 6.48. The molecule has 146 valence electrons. The molecule has 2 aromatic heterocycles. The molecule has 7 nitrogen and oxygen atoms in total. The van der Waals surface area contributed by atoms with Crippen LogP contribution in [0.25, 0.3) is 11.1 Å². The number of carbonyl (C=O) groups excluding carboxylic acids is 1. The van der Waals surface area contributed by atoms with Crippen molar-refractivity contribution in [3.8, 4) is 11.1 Å². The third-order valence-corrected chi connectivity index (χ3v) is 5.56. The number of nitrogens with zero attached hydrogens (tertiary/aromatic N) is 2. The lowest BCUT2D eigenvalue weighted by Gasteiger charge is -2.13. The number of nitrogens with two attached hydrogens (primary N) is 1. The summed E-state index contributed by atoms with van der Waals surface area (Å²) in [5.74, 6) is 0.528. The summed E-state index contributed by atoms with van der Waals surface area (Å²) in [6.07, 6.45) is 5.78. The van der Waals surface area contributed by atoms with E-state index < -0.39 is 0 Å². The molecule has 0 saturated heterocycles. The lowest BCUT2D eigenvalue weighted by atomic mass is 9.94. The molecule has 3 heterocycles. The van der Waals surface area contributed by atoms with Gasteiger partial charge in [-0.1, -0.05) is 6.07 Å². The van der Waals surface area contributed by atoms with Crippen molar-refractivity contribution in [2.24, 2.45) is 0 Å². The van der Waals surface area contributed by atoms with E-state index in [-0.39, 0.29) is 11.5 Å². The van der Waals surface area contributed by atoms with Crippen molar-refractivity contribution in [2.45, 2.75) is 32.4 Å². The zero-order valence-corrected chi connectivity index (χ0v) is 16.0. The minimum absolute atomic E-state index is 0.000413. The smallest absolute Gasteiger partial charge is 0.254 e. The van der Waals surface area contributed by atoms with Crippen molar-refractivity contribution in [1.82, 2.24) is 14.9 Å². The van der Waals surface area contributed by atoms with E-state index in [1.165, 1.54) is 0 Å². The fourth-order valence-electron chi connectivity index (χ4n) is 3.90. The van der Waals surface area contributed by atoms with Gasteiger partial charge in [0.1, 0.15) is 5.82 Å². The molecular weight excluding hydrogens is 366 g/mol. The average Bonchev–Trinajstić information content (AvgIpc) is 3.45. The number of aryl methyl sites for hydroxylation is 1. The van der Waals surface area contributed by atoms with Crippen molar-refractivity contribution in [3.63, 3.8) is 0 Å². The zero-order valence-electron chi connectivity index (χ0n) is 16.0. The highest BCUT2D eigenvalue weighted by Gasteiger charge is 2.26. The predicted molar refractivity (Wildman–Crippen MR) is 112 cm³/mol. The van der Waals surface area contributed by atoms with Crippen LogP contribution in [0.3, 0.4) is 0 Å². The number of fused-ring (bicyclic) bond motifs is 1. The van der Waals surface area contributed by atoms with Crippen LogP contribution in [0.4, 0.5) is 17.2 Å². The van der Waals surface area contributed by atoms with Crippen LogP contribution in [-0.4, -0.2) is 15.5 Å². The molecule has 0 unspecified atom stereocenters. The summed E-state index contributed by atoms with van der Waals surface area (Å²) in [6, 6.07) is 9.50. The number of aromatic nitrogens is 2. The first kappa shape index (κ1) is 17.5. The van der Waals surface area contributed by atoms with Crippen LogP contribution < -0.4 is 21.9 Å². The van der Waals surface area contributed by atoms with E-state index in [4.69, 9.17) is 5.73 Å². The molecule has 29 heavy (non-hydrogen) atoms. The summed E-state index contributed by atoms with van der Waals surface area (Å²) < 4.78 is 1.78. The summed E-state index contributed by atoms with van der Waals surface area (Å²) in [6.45, 7) is 2.46. The standard InChI is InChI=1S/C22H21N5O2/c1-12-8-19(26-13-6-7-27(14-2-3-14)20(28)9-13)24-10-16(12)15-4-5-18(23)21-17(15)11-25-22(21)29/h4-10,14H,2-3,11,23H2,1H3,(H,24,26)(H,25,29). The Morgan fingerprint density at radius 3 is 2.72 bits per heavy atom. The monoisotopic (exact) mass is 387 g/mol. The van der Waals surface area contributed by atoms with Crippen LogP contribution in [0.15, 0.2) is 47.5 Å². The van der Waals surface area contributed by atoms with Crippen LogP contribution in [0.1, 0.15) is 40.4 Å². The lowest BCUT2D eigenvalue weighted by molar-refractivity contribution is 0.0966. The van der Waals surface area contributed by atoms with Crippen LogP contribution in [0.5, 0.6) is 0 Å². The fourth-order valence-corrected chi connectivity index (χ4v) is 3.90. The Hall–Kier alpha value is -3.61. The van der Waals surface area contributed by atoms with Gasteiger partial charge in [-0.3, -0.25) is 9.59 Å². The molecule has 1 aliphatic carbocycles. The number of pyridine rings is 2. The maximum atomic E-state index is 12.2. The van der Waals surface area contributed by atoms with Crippen LogP contribution in [-0.2, 0) is 6.54 Å². The maximum Gasteiger partial charge on any atom is 0.254 e. The van der Waals surface area contributed by atoms with Gasteiger partial charge in [-0.2, -0.15) is 0 Å². The summed E-state index contributed by atoms with van der Waals surface area (Å²) in [4.78, 5) is 28.8. The fraction of sp³-hybridized carbons (Fsp3) is 0.227. The van der Waals surface area contributed by atoms with Gasteiger partial charge in [-0.05, 0) is 54.7 Å². The van der Waals surface area contributed by atoms with Crippen molar-refractivity contribution in [3.05, 3.63) is 69.8 Å². The van der Waals surface area contributed by atoms with E-state index in [0.717, 1.165) is 40.8 Å². The molecule has 1 saturated carbocycles. The van der Waals surface area contributed by atoms with Gasteiger partial charge < -0.3 is 20.9 Å². The molecule has 5 rings (SSSR count). The number of rotatable bonds is 4. The average molecular weight is 387 g/mol. The molecule has 1 fully saturated rings. The summed E-state index contributed by atoms with van der Waals surface area (Å²) in [5, 5.41) is 6.05. The highest BCUT2D eigenvalue weighted by Crippen LogP contribution is 2.35. The van der Waals surface area contributed by atoms with Crippen molar-refractivity contribution in [1.29, 1.82) is 0 Å². The summed E-state index contributed by atoms with van der Waals surface area (Å²) in [7, 11) is 0. The van der Waals surface area contributed by atoms with Gasteiger partial charge in [-0.25, -0.2) is 4.98 Å². The first-order valence-electron chi connectivity index (χ1n) is 9.67. The molecule has 0 bridgehead atoms. The number of hydrogen-bond donors (Lipinski definition) is 3. The van der Waals surface area contributed by atoms with E-state index in [9.17, 15) is 9.59 Å². The molecular formula is C22H21N5O2. The van der Waals surface area contributed by atoms with Crippen LogP contribution in [0, 0.1) is 6.92 Å². The van der Waals surface area contributed by atoms with E-state index >= 15 is 0 Å². The molecule has 3 aromatic rings. The van der Waals surface area contributed by atoms with Gasteiger partial charge in [0, 0.05) is 48.0 Å². The molecule has 0 radical (unpaired) electrons. The number of nitrogen functional groups attached to an aromatic ring is 1. The van der Waals surface area contributed by atoms with Gasteiger partial charge in [0.25, 0.3) is 11.5 Å². The number of amides is 1. The highest BCUT2D eigenvalue weighted by atomic mass is 16.2. The van der Waals surface area contributed by atoms with Gasteiger partial charge in [0.15, 0.2) is 0 Å². The molecule has 0 atom stereocenters. The van der Waals surface area contributed by atoms with Gasteiger partial charge in [-0.15, -0.1) is 0 Å². The second-order valence-corrected chi connectivity index (χ2v) is 7.64. The minimum Gasteiger partial charge on any atom is -0.398 e. The largest absolute Gasteiger partial charge is 0.398 e. The van der Waals surface area contributed by atoms with Gasteiger partial charge >= 0.3 is 0 Å². The Morgan fingerprint density at radius 1 is 1.17 bits per heavy atom. The minimum atomic E-state index is -0.135. The molecule has 1 aliphatic heterocycles. The third kappa shape index (κ3) is 3.04. The van der Waals surface area contributed by atoms with Crippen molar-refractivity contribution in [2.75, 3.05) is 11.1 Å². The van der Waals surface area contributed by atoms with Crippen molar-refractivity contribution >= 4 is 23.1 Å². The van der Waals surface area contributed by atoms with E-state index in [0.29, 0.717) is 29.7 Å². The Labute approximate surface area is 167 Å². The SMILES string of the molecule is Cc1cc(Nc2ccn(C3CC3)c(=O)c2)ncc1-c1ccc(N)c2c1CNC2=O. The second-order valence-electron chi connectivity index (χ2n) is 7.64. The van der Waals surface area contributed by atoms with Crippen molar-refractivity contribution < 1.29 is 4.79 Å². The molecule has 2 aliphatic rings. The highest BCUT2D eigenvalue weighted by molar-refractivity contribution is 6.05. The van der Waals surface area contributed by atoms with E-state index in [2.05, 4.69) is 15.6 Å². The number of nitrogens with one attached hydrogen (secondary N) is 2. The molecule has 1 aromatic carbocycles. The summed E-state index contributed by atoms with van der Waals surface area (Å²) >= 11 is 0. The van der Waals surface area contributed by atoms with Gasteiger partial charge in [0.2, 0.25) is 0 Å². The van der Waals surface area contributed by atoms with E-state index in [1.807, 2.05) is 31.3 Å². The predicted octanol–water partition coefficient (Wildman–Crippen LogP) is 3.12. The number of carbonyl (C=O) groups is 1. The van der Waals surface area contributed by atoms with Crippen LogP contribution in [0.2, 0.25) is 0 Å². The first-order chi connectivity index (χ1) is 14.0. The Kier molecular flexibility index (Phi) is 3.91. The molecule has 0 spiro atoms. The van der Waals surface area contributed by atoms with Crippen LogP contribution >= 0.6 is 0 Å². The normalized spacial score (nSPS) is 15.1. The Balaban J connectivity index is 1.45. The molecule has 1 amide bonds. The lowest BCUT2D eigenvalue weighted by Crippen LogP contribution is -2.17. The molecule has 7 heteroatoms. The summed E-state index contributed by atoms with van der Waals surface area (Å²) in [5.41, 5.74) is 11.6. The maximum absolute atomic E-state index is 12.2. The first-order valence-corrected chi connectivity index (χ1v) is 9.67. The Bertz CT molecular complexity index is 1210. The van der Waals surface area contributed by atoms with Gasteiger partial charge in [0.05, 0.1) is 5.56 Å². The zero-order chi connectivity index (χ0) is 20.1. The number of anilines is 3. The third-order valence-electron chi connectivity index (χ3n) is 5.56. The number of benzene rings is 1. The van der Waals surface area contributed by atoms with E-state index in [1.54, 1.807) is 22.9 Å². The molecule has 4 N–H and O–H groups in total.